The molecule has 0 unspecified atom stereocenters. The van der Waals surface area contributed by atoms with E-state index in [1.807, 2.05) is 0 Å². The molecule has 0 aromatic heterocycles. The molecule has 0 aliphatic heterocycles. The van der Waals surface area contributed by atoms with Crippen molar-refractivity contribution >= 4 is 21.5 Å². The van der Waals surface area contributed by atoms with Gasteiger partial charge in [-0.15, -0.1) is 81.2 Å². The Kier molecular flexibility index (Phi) is 10.4. The van der Waals surface area contributed by atoms with Gasteiger partial charge < -0.3 is 10.2 Å². The smallest absolute Gasteiger partial charge is 0.505 e. The van der Waals surface area contributed by atoms with E-state index in [1.165, 1.54) is 69.1 Å². The molecule has 37 heavy (non-hydrogen) atoms. The van der Waals surface area contributed by atoms with E-state index < -0.39 is 11.6 Å². The normalized spacial score (nSPS) is 10.1. The molecule has 2 nitrogen and oxygen atoms in total. The fourth-order valence-corrected chi connectivity index (χ4v) is 3.91. The molecule has 0 spiro atoms. The maximum atomic E-state index is 12.1. The van der Waals surface area contributed by atoms with E-state index in [0.29, 0.717) is 0 Å². The van der Waals surface area contributed by atoms with Gasteiger partial charge in [0.25, 0.3) is 0 Å². The van der Waals surface area contributed by atoms with Crippen molar-refractivity contribution < 1.29 is 45.2 Å². The number of phenolic OH excluding ortho intramolecular Hbond substituents is 2. The van der Waals surface area contributed by atoms with Gasteiger partial charge in [0.15, 0.2) is 23.1 Å². The fraction of sp³-hybridized carbons (Fsp3) is 0.0625. The summed E-state index contributed by atoms with van der Waals surface area (Å²) in [6, 6.07) is 37.6. The first kappa shape index (κ1) is 28.0. The SMILES string of the molecule is Oc1ccccc1F.Oc1ccccc1F.[Zr+2].c1ccc2[cH-]c(CCc3cc4ccccc4[cH-]3)cc2c1. The summed E-state index contributed by atoms with van der Waals surface area (Å²) in [7, 11) is 0. The van der Waals surface area contributed by atoms with Crippen molar-refractivity contribution in [1.82, 2.24) is 0 Å². The van der Waals surface area contributed by atoms with Gasteiger partial charge in [-0.25, -0.2) is 8.78 Å². The van der Waals surface area contributed by atoms with Crippen molar-refractivity contribution in [3.8, 4) is 11.5 Å². The fourth-order valence-electron chi connectivity index (χ4n) is 3.91. The van der Waals surface area contributed by atoms with E-state index in [4.69, 9.17) is 10.2 Å². The predicted octanol–water partition coefficient (Wildman–Crippen LogP) is 8.28. The number of fused-ring (bicyclic) bond motifs is 2. The zero-order valence-electron chi connectivity index (χ0n) is 20.1. The van der Waals surface area contributed by atoms with Gasteiger partial charge in [-0.3, -0.25) is 0 Å². The molecule has 0 amide bonds. The number of hydrogen-bond acceptors (Lipinski definition) is 2. The average Bonchev–Trinajstić information content (AvgIpc) is 3.50. The topological polar surface area (TPSA) is 40.5 Å². The third-order valence-electron chi connectivity index (χ3n) is 5.76. The Balaban J connectivity index is 0.000000186. The Morgan fingerprint density at radius 2 is 0.865 bits per heavy atom. The van der Waals surface area contributed by atoms with E-state index in [9.17, 15) is 8.78 Å². The van der Waals surface area contributed by atoms with Gasteiger partial charge in [-0.05, 0) is 37.1 Å². The summed E-state index contributed by atoms with van der Waals surface area (Å²) in [4.78, 5) is 0. The van der Waals surface area contributed by atoms with Crippen molar-refractivity contribution in [2.75, 3.05) is 0 Å². The van der Waals surface area contributed by atoms with Gasteiger partial charge in [-0.2, -0.15) is 12.1 Å². The number of aryl methyl sites for hydroxylation is 2. The first-order valence-electron chi connectivity index (χ1n) is 11.7. The molecule has 6 aromatic carbocycles. The molecule has 0 atom stereocenters. The van der Waals surface area contributed by atoms with Crippen LogP contribution in [-0.2, 0) is 39.0 Å². The Bertz CT molecular complexity index is 1330. The number of hydrogen-bond donors (Lipinski definition) is 2. The minimum atomic E-state index is -0.576. The van der Waals surface area contributed by atoms with Crippen LogP contribution in [0.2, 0.25) is 0 Å². The second-order valence-electron chi connectivity index (χ2n) is 8.39. The molecule has 6 aromatic rings. The van der Waals surface area contributed by atoms with Crippen LogP contribution in [0.4, 0.5) is 8.78 Å². The van der Waals surface area contributed by atoms with Crippen LogP contribution < -0.4 is 0 Å². The number of halogens is 2. The number of rotatable bonds is 3. The Hall–Kier alpha value is -3.56. The van der Waals surface area contributed by atoms with Gasteiger partial charge in [0.1, 0.15) is 0 Å². The molecule has 0 saturated heterocycles. The second kappa shape index (κ2) is 13.7. The standard InChI is InChI=1S/C20H16.2C6H5FO.Zr/c1-2-6-18-12-15(11-17(18)5-1)9-10-16-13-19-7-3-4-8-20(19)14-16;2*7-5-3-1-2-4-6(5)8;/h1-8,11-14H,9-10H2;2*1-4,8H;/q-2;;;+2. The zero-order valence-corrected chi connectivity index (χ0v) is 22.6. The molecule has 5 heteroatoms. The van der Waals surface area contributed by atoms with Crippen molar-refractivity contribution in [2.45, 2.75) is 12.8 Å². The van der Waals surface area contributed by atoms with Crippen LogP contribution in [0.3, 0.4) is 0 Å². The predicted molar refractivity (Wildman–Crippen MR) is 143 cm³/mol. The summed E-state index contributed by atoms with van der Waals surface area (Å²) in [6.07, 6.45) is 2.23. The molecule has 0 aliphatic carbocycles. The molecule has 0 bridgehead atoms. The summed E-state index contributed by atoms with van der Waals surface area (Å²) in [5, 5.41) is 22.5. The Morgan fingerprint density at radius 1 is 0.514 bits per heavy atom. The maximum Gasteiger partial charge on any atom is 2.00 e. The van der Waals surface area contributed by atoms with Gasteiger partial charge in [0.05, 0.1) is 0 Å². The summed E-state index contributed by atoms with van der Waals surface area (Å²) < 4.78 is 24.1. The average molecular weight is 572 g/mol. The van der Waals surface area contributed by atoms with E-state index in [-0.39, 0.29) is 37.7 Å². The summed E-state index contributed by atoms with van der Waals surface area (Å²) in [5.41, 5.74) is 2.88. The quantitative estimate of drug-likeness (QED) is 0.210. The van der Waals surface area contributed by atoms with Crippen LogP contribution in [0.5, 0.6) is 11.5 Å². The number of phenols is 2. The monoisotopic (exact) mass is 570 g/mol. The van der Waals surface area contributed by atoms with Crippen molar-refractivity contribution in [1.29, 1.82) is 0 Å². The van der Waals surface area contributed by atoms with Gasteiger partial charge in [0, 0.05) is 0 Å². The van der Waals surface area contributed by atoms with E-state index in [2.05, 4.69) is 72.8 Å². The summed E-state index contributed by atoms with van der Waals surface area (Å²) >= 11 is 0. The number of aromatic hydroxyl groups is 2. The molecule has 2 N–H and O–H groups in total. The maximum absolute atomic E-state index is 12.1. The van der Waals surface area contributed by atoms with Crippen LogP contribution in [0.25, 0.3) is 21.5 Å². The Morgan fingerprint density at radius 3 is 1.19 bits per heavy atom. The van der Waals surface area contributed by atoms with Crippen LogP contribution in [-0.4, -0.2) is 10.2 Å². The van der Waals surface area contributed by atoms with Gasteiger partial charge >= 0.3 is 26.2 Å². The molecule has 184 valence electrons. The van der Waals surface area contributed by atoms with Crippen molar-refractivity contribution in [2.24, 2.45) is 0 Å². The van der Waals surface area contributed by atoms with Gasteiger partial charge in [0.2, 0.25) is 0 Å². The van der Waals surface area contributed by atoms with Crippen molar-refractivity contribution in [3.63, 3.8) is 0 Å². The third-order valence-corrected chi connectivity index (χ3v) is 5.76. The first-order chi connectivity index (χ1) is 17.5. The molecule has 6 rings (SSSR count). The second-order valence-corrected chi connectivity index (χ2v) is 8.39. The molecular formula is C32H26F2O2Zr. The van der Waals surface area contributed by atoms with Crippen LogP contribution in [0, 0.1) is 11.6 Å². The molecule has 0 fully saturated rings. The van der Waals surface area contributed by atoms with E-state index in [1.54, 1.807) is 12.1 Å². The Labute approximate surface area is 234 Å². The van der Waals surface area contributed by atoms with Gasteiger partial charge in [-0.1, -0.05) is 36.4 Å². The summed E-state index contributed by atoms with van der Waals surface area (Å²) in [6.45, 7) is 0. The van der Waals surface area contributed by atoms with Crippen molar-refractivity contribution in [3.05, 3.63) is 144 Å². The molecular weight excluding hydrogens is 546 g/mol. The van der Waals surface area contributed by atoms with Crippen LogP contribution >= 0.6 is 0 Å². The van der Waals surface area contributed by atoms with Crippen LogP contribution in [0.15, 0.2) is 121 Å². The number of benzene rings is 4. The minimum Gasteiger partial charge on any atom is -0.505 e. The molecule has 0 aliphatic rings. The van der Waals surface area contributed by atoms with Crippen LogP contribution in [0.1, 0.15) is 11.1 Å². The first-order valence-corrected chi connectivity index (χ1v) is 11.7. The molecule has 0 saturated carbocycles. The third kappa shape index (κ3) is 7.96. The summed E-state index contributed by atoms with van der Waals surface area (Å²) in [5.74, 6) is -1.75. The van der Waals surface area contributed by atoms with E-state index >= 15 is 0 Å². The zero-order chi connectivity index (χ0) is 25.3. The van der Waals surface area contributed by atoms with E-state index in [0.717, 1.165) is 12.8 Å². The number of para-hydroxylation sites is 2. The molecule has 0 radical (unpaired) electrons. The molecule has 0 heterocycles. The minimum absolute atomic E-state index is 0. The largest absolute Gasteiger partial charge is 2.00 e.